The van der Waals surface area contributed by atoms with Gasteiger partial charge in [-0.1, -0.05) is 38.2 Å². The Morgan fingerprint density at radius 1 is 1.19 bits per heavy atom. The summed E-state index contributed by atoms with van der Waals surface area (Å²) in [5.41, 5.74) is -0.385. The number of nitrogens with one attached hydrogen (secondary N) is 1. The number of para-hydroxylation sites is 1. The highest BCUT2D eigenvalue weighted by molar-refractivity contribution is 5.96. The van der Waals surface area contributed by atoms with Gasteiger partial charge in [-0.2, -0.15) is 0 Å². The second-order valence-corrected chi connectivity index (χ2v) is 5.46. The number of amides is 1. The maximum atomic E-state index is 12.3. The second-order valence-electron chi connectivity index (χ2n) is 5.46. The lowest BCUT2D eigenvalue weighted by Gasteiger charge is -2.19. The molecule has 6 heteroatoms. The van der Waals surface area contributed by atoms with Crippen molar-refractivity contribution in [3.05, 3.63) is 28.3 Å². The van der Waals surface area contributed by atoms with E-state index in [2.05, 4.69) is 5.32 Å². The fourth-order valence-electron chi connectivity index (χ4n) is 2.75. The smallest absolute Gasteiger partial charge is 0.296 e. The summed E-state index contributed by atoms with van der Waals surface area (Å²) in [5.74, 6) is -0.644. The molecular weight excluding hydrogens is 272 g/mol. The molecule has 0 atom stereocenters. The summed E-state index contributed by atoms with van der Waals surface area (Å²) in [6, 6.07) is 3.99. The Hall–Kier alpha value is -2.11. The molecule has 0 radical (unpaired) electrons. The summed E-state index contributed by atoms with van der Waals surface area (Å²) in [6.45, 7) is 0. The van der Waals surface area contributed by atoms with Gasteiger partial charge in [0, 0.05) is 12.0 Å². The first-order valence-corrected chi connectivity index (χ1v) is 7.37. The molecular formula is C15H20N2O4. The quantitative estimate of drug-likeness (QED) is 0.505. The monoisotopic (exact) mass is 292 g/mol. The molecule has 2 rings (SSSR count). The molecule has 1 aromatic carbocycles. The van der Waals surface area contributed by atoms with Crippen LogP contribution >= 0.6 is 0 Å². The molecule has 0 aliphatic heterocycles. The first kappa shape index (κ1) is 15.3. The summed E-state index contributed by atoms with van der Waals surface area (Å²) >= 11 is 0. The molecule has 0 spiro atoms. The molecule has 1 aromatic rings. The zero-order valence-corrected chi connectivity index (χ0v) is 11.9. The number of phenolic OH excluding ortho intramolecular Hbond substituents is 1. The number of benzene rings is 1. The highest BCUT2D eigenvalue weighted by Crippen LogP contribution is 2.34. The van der Waals surface area contributed by atoms with Crippen LogP contribution in [-0.2, 0) is 4.79 Å². The maximum absolute atomic E-state index is 12.3. The highest BCUT2D eigenvalue weighted by Gasteiger charge is 2.24. The fraction of sp³-hybridized carbons (Fsp3) is 0.533. The fourth-order valence-corrected chi connectivity index (χ4v) is 2.75. The van der Waals surface area contributed by atoms with Crippen molar-refractivity contribution in [2.24, 2.45) is 5.92 Å². The Kier molecular flexibility index (Phi) is 5.14. The Balaban J connectivity index is 2.13. The van der Waals surface area contributed by atoms with Gasteiger partial charge in [-0.3, -0.25) is 14.9 Å². The number of hydrogen-bond acceptors (Lipinski definition) is 4. The van der Waals surface area contributed by atoms with Crippen LogP contribution in [0.1, 0.15) is 44.9 Å². The lowest BCUT2D eigenvalue weighted by molar-refractivity contribution is -0.384. The summed E-state index contributed by atoms with van der Waals surface area (Å²) in [5, 5.41) is 23.3. The van der Waals surface area contributed by atoms with Crippen molar-refractivity contribution in [1.29, 1.82) is 0 Å². The van der Waals surface area contributed by atoms with Gasteiger partial charge in [-0.15, -0.1) is 0 Å². The molecule has 1 aliphatic carbocycles. The largest absolute Gasteiger partial charge is 0.505 e. The molecule has 0 unspecified atom stereocenters. The van der Waals surface area contributed by atoms with Gasteiger partial charge in [-0.25, -0.2) is 0 Å². The number of anilines is 1. The highest BCUT2D eigenvalue weighted by atomic mass is 16.6. The van der Waals surface area contributed by atoms with Gasteiger partial charge >= 0.3 is 0 Å². The third-order valence-electron chi connectivity index (χ3n) is 3.94. The van der Waals surface area contributed by atoms with Gasteiger partial charge in [0.15, 0.2) is 5.69 Å². The number of hydrogen-bond donors (Lipinski definition) is 2. The van der Waals surface area contributed by atoms with Crippen molar-refractivity contribution in [2.75, 3.05) is 5.32 Å². The van der Waals surface area contributed by atoms with E-state index in [1.807, 2.05) is 0 Å². The molecule has 0 saturated heterocycles. The Labute approximate surface area is 123 Å². The van der Waals surface area contributed by atoms with Crippen molar-refractivity contribution in [3.63, 3.8) is 0 Å². The standard InChI is InChI=1S/C15H20N2O4/c18-13-10-6-9-12(17(20)21)14(13)16-15(19)11-7-4-2-1-3-5-8-11/h6,9-11,18H,1-5,7-8H2,(H,16,19). The third-order valence-corrected chi connectivity index (χ3v) is 3.94. The molecule has 0 aromatic heterocycles. The Morgan fingerprint density at radius 2 is 1.81 bits per heavy atom. The van der Waals surface area contributed by atoms with E-state index >= 15 is 0 Å². The Bertz CT molecular complexity index is 522. The van der Waals surface area contributed by atoms with E-state index in [4.69, 9.17) is 0 Å². The van der Waals surface area contributed by atoms with E-state index in [1.165, 1.54) is 24.6 Å². The average Bonchev–Trinajstić information content (AvgIpc) is 2.40. The van der Waals surface area contributed by atoms with Crippen LogP contribution < -0.4 is 5.32 Å². The van der Waals surface area contributed by atoms with Crippen LogP contribution in [0, 0.1) is 16.0 Å². The minimum absolute atomic E-state index is 0.102. The lowest BCUT2D eigenvalue weighted by Crippen LogP contribution is -2.24. The first-order chi connectivity index (χ1) is 10.1. The van der Waals surface area contributed by atoms with Crippen LogP contribution in [0.5, 0.6) is 5.75 Å². The van der Waals surface area contributed by atoms with Crippen molar-refractivity contribution in [1.82, 2.24) is 0 Å². The predicted octanol–water partition coefficient (Wildman–Crippen LogP) is 3.60. The number of phenols is 1. The van der Waals surface area contributed by atoms with E-state index in [-0.39, 0.29) is 28.9 Å². The molecule has 1 saturated carbocycles. The molecule has 1 fully saturated rings. The summed E-state index contributed by atoms with van der Waals surface area (Å²) in [6.07, 6.45) is 7.06. The van der Waals surface area contributed by atoms with Gasteiger partial charge in [-0.05, 0) is 18.9 Å². The van der Waals surface area contributed by atoms with Crippen LogP contribution in [0.4, 0.5) is 11.4 Å². The van der Waals surface area contributed by atoms with Gasteiger partial charge in [0.1, 0.15) is 5.75 Å². The van der Waals surface area contributed by atoms with E-state index in [0.29, 0.717) is 0 Å². The lowest BCUT2D eigenvalue weighted by atomic mass is 9.90. The van der Waals surface area contributed by atoms with Gasteiger partial charge in [0.2, 0.25) is 5.91 Å². The molecule has 6 nitrogen and oxygen atoms in total. The second kappa shape index (κ2) is 7.06. The van der Waals surface area contributed by atoms with Crippen LogP contribution in [0.3, 0.4) is 0 Å². The van der Waals surface area contributed by atoms with Gasteiger partial charge < -0.3 is 10.4 Å². The molecule has 114 valence electrons. The van der Waals surface area contributed by atoms with Crippen LogP contribution in [0.2, 0.25) is 0 Å². The maximum Gasteiger partial charge on any atom is 0.296 e. The number of rotatable bonds is 3. The van der Waals surface area contributed by atoms with Crippen LogP contribution in [-0.4, -0.2) is 15.9 Å². The van der Waals surface area contributed by atoms with Crippen LogP contribution in [0.25, 0.3) is 0 Å². The topological polar surface area (TPSA) is 92.5 Å². The zero-order valence-electron chi connectivity index (χ0n) is 11.9. The number of nitro groups is 1. The summed E-state index contributed by atoms with van der Waals surface area (Å²) in [4.78, 5) is 22.7. The van der Waals surface area contributed by atoms with E-state index in [9.17, 15) is 20.0 Å². The van der Waals surface area contributed by atoms with E-state index in [1.54, 1.807) is 0 Å². The minimum Gasteiger partial charge on any atom is -0.505 e. The predicted molar refractivity (Wildman–Crippen MR) is 79.2 cm³/mol. The molecule has 0 bridgehead atoms. The molecule has 1 aliphatic rings. The molecule has 1 amide bonds. The molecule has 21 heavy (non-hydrogen) atoms. The molecule has 0 heterocycles. The number of carbonyl (C=O) groups is 1. The van der Waals surface area contributed by atoms with Crippen LogP contribution in [0.15, 0.2) is 18.2 Å². The summed E-state index contributed by atoms with van der Waals surface area (Å²) < 4.78 is 0. The number of nitrogens with zero attached hydrogens (tertiary/aromatic N) is 1. The number of nitro benzene ring substituents is 1. The number of aromatic hydroxyl groups is 1. The first-order valence-electron chi connectivity index (χ1n) is 7.37. The van der Waals surface area contributed by atoms with Gasteiger partial charge in [0.05, 0.1) is 4.92 Å². The number of carbonyl (C=O) groups excluding carboxylic acids is 1. The Morgan fingerprint density at radius 3 is 2.43 bits per heavy atom. The summed E-state index contributed by atoms with van der Waals surface area (Å²) in [7, 11) is 0. The van der Waals surface area contributed by atoms with E-state index in [0.717, 1.165) is 38.5 Å². The minimum atomic E-state index is -0.604. The SMILES string of the molecule is O=C(Nc1c(O)cccc1[N+](=O)[O-])C1CCCCCCC1. The van der Waals surface area contributed by atoms with Crippen molar-refractivity contribution in [3.8, 4) is 5.75 Å². The zero-order chi connectivity index (χ0) is 15.2. The molecule has 2 N–H and O–H groups in total. The average molecular weight is 292 g/mol. The van der Waals surface area contributed by atoms with Crippen molar-refractivity contribution >= 4 is 17.3 Å². The van der Waals surface area contributed by atoms with Gasteiger partial charge in [0.25, 0.3) is 5.69 Å². The normalized spacial score (nSPS) is 16.8. The van der Waals surface area contributed by atoms with E-state index < -0.39 is 4.92 Å². The van der Waals surface area contributed by atoms with Crippen molar-refractivity contribution in [2.45, 2.75) is 44.9 Å². The third kappa shape index (κ3) is 3.93. The van der Waals surface area contributed by atoms with Crippen molar-refractivity contribution < 1.29 is 14.8 Å².